The standard InChI is InChI=1S/C13H22O3/c1-9-7-11(15)8-12(3,4)13(9,16)6-5-10(2)14/h9-11,14-16H,7-8H2,1-4H3. The Morgan fingerprint density at radius 1 is 1.38 bits per heavy atom. The molecule has 0 aromatic rings. The van der Waals surface area contributed by atoms with Crippen molar-refractivity contribution in [1.82, 2.24) is 0 Å². The van der Waals surface area contributed by atoms with Gasteiger partial charge < -0.3 is 15.3 Å². The second-order valence-corrected chi connectivity index (χ2v) is 5.59. The first-order valence-corrected chi connectivity index (χ1v) is 5.80. The van der Waals surface area contributed by atoms with E-state index in [1.807, 2.05) is 20.8 Å². The molecule has 0 aliphatic heterocycles. The molecule has 3 heteroatoms. The van der Waals surface area contributed by atoms with Crippen molar-refractivity contribution in [3.05, 3.63) is 0 Å². The molecule has 1 aliphatic carbocycles. The van der Waals surface area contributed by atoms with E-state index in [0.29, 0.717) is 12.8 Å². The number of aliphatic hydroxyl groups is 3. The summed E-state index contributed by atoms with van der Waals surface area (Å²) in [5, 5.41) is 29.5. The van der Waals surface area contributed by atoms with Crippen molar-refractivity contribution >= 4 is 0 Å². The summed E-state index contributed by atoms with van der Waals surface area (Å²) < 4.78 is 0. The summed E-state index contributed by atoms with van der Waals surface area (Å²) in [5.74, 6) is 5.33. The Balaban J connectivity index is 3.04. The Hall–Kier alpha value is -0.560. The molecule has 0 aromatic carbocycles. The van der Waals surface area contributed by atoms with Crippen molar-refractivity contribution in [2.45, 2.75) is 58.3 Å². The first-order chi connectivity index (χ1) is 7.19. The zero-order chi connectivity index (χ0) is 12.6. The third kappa shape index (κ3) is 2.40. The van der Waals surface area contributed by atoms with Crippen molar-refractivity contribution in [3.8, 4) is 11.8 Å². The van der Waals surface area contributed by atoms with E-state index >= 15 is 0 Å². The lowest BCUT2D eigenvalue weighted by atomic mass is 9.60. The van der Waals surface area contributed by atoms with Crippen LogP contribution in [-0.4, -0.2) is 33.1 Å². The van der Waals surface area contributed by atoms with Gasteiger partial charge in [0.05, 0.1) is 6.10 Å². The molecule has 0 bridgehead atoms. The molecule has 1 rings (SSSR count). The third-order valence-corrected chi connectivity index (χ3v) is 3.59. The molecular formula is C13H22O3. The number of aliphatic hydroxyl groups excluding tert-OH is 2. The molecule has 92 valence electrons. The van der Waals surface area contributed by atoms with Gasteiger partial charge in [0.1, 0.15) is 11.7 Å². The maximum atomic E-state index is 10.6. The van der Waals surface area contributed by atoms with Crippen LogP contribution in [0.25, 0.3) is 0 Å². The average molecular weight is 226 g/mol. The van der Waals surface area contributed by atoms with Crippen molar-refractivity contribution in [3.63, 3.8) is 0 Å². The van der Waals surface area contributed by atoms with Gasteiger partial charge >= 0.3 is 0 Å². The summed E-state index contributed by atoms with van der Waals surface area (Å²) in [6, 6.07) is 0. The summed E-state index contributed by atoms with van der Waals surface area (Å²) in [6.45, 7) is 7.28. The maximum absolute atomic E-state index is 10.6. The highest BCUT2D eigenvalue weighted by molar-refractivity contribution is 5.23. The Morgan fingerprint density at radius 2 is 1.94 bits per heavy atom. The minimum Gasteiger partial charge on any atom is -0.393 e. The van der Waals surface area contributed by atoms with Crippen LogP contribution in [0.3, 0.4) is 0 Å². The molecule has 0 spiro atoms. The van der Waals surface area contributed by atoms with Crippen molar-refractivity contribution in [1.29, 1.82) is 0 Å². The molecule has 3 nitrogen and oxygen atoms in total. The summed E-state index contributed by atoms with van der Waals surface area (Å²) in [7, 11) is 0. The molecular weight excluding hydrogens is 204 g/mol. The third-order valence-electron chi connectivity index (χ3n) is 3.59. The Labute approximate surface area is 97.5 Å². The van der Waals surface area contributed by atoms with Gasteiger partial charge in [0.25, 0.3) is 0 Å². The maximum Gasteiger partial charge on any atom is 0.133 e. The molecule has 1 fully saturated rings. The molecule has 0 saturated heterocycles. The van der Waals surface area contributed by atoms with E-state index in [9.17, 15) is 15.3 Å². The number of rotatable bonds is 0. The Kier molecular flexibility index (Phi) is 3.69. The van der Waals surface area contributed by atoms with Crippen LogP contribution in [0.5, 0.6) is 0 Å². The van der Waals surface area contributed by atoms with E-state index in [2.05, 4.69) is 11.8 Å². The lowest BCUT2D eigenvalue weighted by molar-refractivity contribution is -0.121. The molecule has 16 heavy (non-hydrogen) atoms. The average Bonchev–Trinajstić information content (AvgIpc) is 2.10. The van der Waals surface area contributed by atoms with Gasteiger partial charge in [-0.2, -0.15) is 0 Å². The lowest BCUT2D eigenvalue weighted by Crippen LogP contribution is -2.54. The summed E-state index contributed by atoms with van der Waals surface area (Å²) in [5.41, 5.74) is -1.60. The van der Waals surface area contributed by atoms with Gasteiger partial charge in [0.15, 0.2) is 0 Å². The van der Waals surface area contributed by atoms with Crippen LogP contribution in [-0.2, 0) is 0 Å². The van der Waals surface area contributed by atoms with Gasteiger partial charge in [-0.05, 0) is 25.7 Å². The van der Waals surface area contributed by atoms with E-state index in [1.54, 1.807) is 6.92 Å². The Morgan fingerprint density at radius 3 is 2.38 bits per heavy atom. The van der Waals surface area contributed by atoms with Crippen LogP contribution >= 0.6 is 0 Å². The highest BCUT2D eigenvalue weighted by atomic mass is 16.3. The van der Waals surface area contributed by atoms with Crippen molar-refractivity contribution < 1.29 is 15.3 Å². The number of hydrogen-bond acceptors (Lipinski definition) is 3. The predicted molar refractivity (Wildman–Crippen MR) is 62.6 cm³/mol. The second kappa shape index (κ2) is 4.37. The predicted octanol–water partition coefficient (Wildman–Crippen LogP) is 0.919. The zero-order valence-electron chi connectivity index (χ0n) is 10.5. The molecule has 1 saturated carbocycles. The van der Waals surface area contributed by atoms with Crippen LogP contribution in [0.1, 0.15) is 40.5 Å². The fraction of sp³-hybridized carbons (Fsp3) is 0.846. The molecule has 3 N–H and O–H groups in total. The first kappa shape index (κ1) is 13.5. The van der Waals surface area contributed by atoms with Crippen LogP contribution < -0.4 is 0 Å². The molecule has 0 radical (unpaired) electrons. The van der Waals surface area contributed by atoms with Gasteiger partial charge in [-0.15, -0.1) is 0 Å². The van der Waals surface area contributed by atoms with E-state index in [0.717, 1.165) is 0 Å². The lowest BCUT2D eigenvalue weighted by Gasteiger charge is -2.48. The second-order valence-electron chi connectivity index (χ2n) is 5.59. The van der Waals surface area contributed by atoms with E-state index in [4.69, 9.17) is 0 Å². The molecule has 0 heterocycles. The fourth-order valence-electron chi connectivity index (χ4n) is 2.58. The minimum atomic E-state index is -1.14. The first-order valence-electron chi connectivity index (χ1n) is 5.80. The summed E-state index contributed by atoms with van der Waals surface area (Å²) >= 11 is 0. The zero-order valence-corrected chi connectivity index (χ0v) is 10.5. The Bertz CT molecular complexity index is 311. The normalized spacial score (nSPS) is 39.7. The smallest absolute Gasteiger partial charge is 0.133 e. The van der Waals surface area contributed by atoms with Gasteiger partial charge in [-0.25, -0.2) is 0 Å². The summed E-state index contributed by atoms with van der Waals surface area (Å²) in [4.78, 5) is 0. The highest BCUT2D eigenvalue weighted by Gasteiger charge is 2.51. The van der Waals surface area contributed by atoms with Crippen LogP contribution in [0.15, 0.2) is 0 Å². The molecule has 0 aromatic heterocycles. The van der Waals surface area contributed by atoms with Crippen LogP contribution in [0.4, 0.5) is 0 Å². The monoisotopic (exact) mass is 226 g/mol. The SMILES string of the molecule is CC(O)C#CC1(O)C(C)CC(O)CC1(C)C. The van der Waals surface area contributed by atoms with Crippen molar-refractivity contribution in [2.75, 3.05) is 0 Å². The minimum absolute atomic E-state index is 0.0995. The van der Waals surface area contributed by atoms with Gasteiger partial charge in [-0.1, -0.05) is 32.6 Å². The van der Waals surface area contributed by atoms with E-state index in [1.165, 1.54) is 0 Å². The summed E-state index contributed by atoms with van der Waals surface area (Å²) in [6.07, 6.45) is -0.0333. The highest BCUT2D eigenvalue weighted by Crippen LogP contribution is 2.46. The van der Waals surface area contributed by atoms with Crippen molar-refractivity contribution in [2.24, 2.45) is 11.3 Å². The molecule has 4 unspecified atom stereocenters. The largest absolute Gasteiger partial charge is 0.393 e. The molecule has 1 aliphatic rings. The van der Waals surface area contributed by atoms with Crippen LogP contribution in [0, 0.1) is 23.2 Å². The van der Waals surface area contributed by atoms with Gasteiger partial charge in [0.2, 0.25) is 0 Å². The molecule has 4 atom stereocenters. The molecule has 0 amide bonds. The van der Waals surface area contributed by atoms with E-state index in [-0.39, 0.29) is 12.0 Å². The topological polar surface area (TPSA) is 60.7 Å². The van der Waals surface area contributed by atoms with Crippen LogP contribution in [0.2, 0.25) is 0 Å². The number of hydrogen-bond donors (Lipinski definition) is 3. The van der Waals surface area contributed by atoms with Gasteiger partial charge in [0, 0.05) is 5.41 Å². The quantitative estimate of drug-likeness (QED) is 0.538. The fourth-order valence-corrected chi connectivity index (χ4v) is 2.58. The van der Waals surface area contributed by atoms with Gasteiger partial charge in [-0.3, -0.25) is 0 Å². The van der Waals surface area contributed by atoms with E-state index < -0.39 is 17.1 Å².